The molecular formula is C22H16N5O+. The largest absolute Gasteiger partial charge is 0.360 e. The van der Waals surface area contributed by atoms with Crippen molar-refractivity contribution in [2.75, 3.05) is 5.32 Å². The normalized spacial score (nSPS) is 10.1. The Labute approximate surface area is 161 Å². The molecule has 1 aromatic heterocycles. The minimum atomic E-state index is -0.439. The number of nitrogens with one attached hydrogen (secondary N) is 1. The quantitative estimate of drug-likeness (QED) is 0.387. The number of carbonyl (C=O) groups excluding carboxylic acids is 1. The van der Waals surface area contributed by atoms with Crippen LogP contribution in [0.3, 0.4) is 0 Å². The van der Waals surface area contributed by atoms with Gasteiger partial charge in [-0.1, -0.05) is 54.6 Å². The summed E-state index contributed by atoms with van der Waals surface area (Å²) in [7, 11) is 0. The molecule has 0 aliphatic rings. The second-order valence-corrected chi connectivity index (χ2v) is 6.00. The Hall–Kier alpha value is -4.15. The maximum atomic E-state index is 12.1. The van der Waals surface area contributed by atoms with Crippen LogP contribution in [0.4, 0.5) is 17.2 Å². The summed E-state index contributed by atoms with van der Waals surface area (Å²) in [5, 5.41) is 11.9. The molecule has 1 heterocycles. The molecule has 0 aliphatic heterocycles. The van der Waals surface area contributed by atoms with E-state index in [-0.39, 0.29) is 0 Å². The van der Waals surface area contributed by atoms with Crippen LogP contribution in [0, 0.1) is 0 Å². The lowest BCUT2D eigenvalue weighted by atomic mass is 10.2. The van der Waals surface area contributed by atoms with E-state index < -0.39 is 5.91 Å². The Bertz CT molecular complexity index is 1180. The van der Waals surface area contributed by atoms with Gasteiger partial charge in [0.25, 0.3) is 0 Å². The lowest BCUT2D eigenvalue weighted by Gasteiger charge is -2.07. The van der Waals surface area contributed by atoms with E-state index in [1.54, 1.807) is 30.3 Å². The predicted octanol–water partition coefficient (Wildman–Crippen LogP) is 5.42. The van der Waals surface area contributed by atoms with E-state index in [9.17, 15) is 4.79 Å². The number of benzene rings is 3. The summed E-state index contributed by atoms with van der Waals surface area (Å²) >= 11 is 0. The summed E-state index contributed by atoms with van der Waals surface area (Å²) in [6, 6.07) is 27.9. The first kappa shape index (κ1) is 17.3. The Kier molecular flexibility index (Phi) is 4.96. The van der Waals surface area contributed by atoms with Gasteiger partial charge >= 0.3 is 5.91 Å². The van der Waals surface area contributed by atoms with Gasteiger partial charge in [0.15, 0.2) is 10.8 Å². The number of rotatable bonds is 4. The highest BCUT2D eigenvalue weighted by Gasteiger charge is 2.11. The molecule has 0 spiro atoms. The van der Waals surface area contributed by atoms with E-state index in [1.807, 2.05) is 60.7 Å². The molecule has 0 saturated heterocycles. The average Bonchev–Trinajstić information content (AvgIpc) is 2.75. The van der Waals surface area contributed by atoms with Crippen molar-refractivity contribution in [1.29, 1.82) is 0 Å². The maximum Gasteiger partial charge on any atom is 0.360 e. The van der Waals surface area contributed by atoms with Gasteiger partial charge in [-0.15, -0.1) is 0 Å². The highest BCUT2D eigenvalue weighted by molar-refractivity contribution is 5.94. The maximum absolute atomic E-state index is 12.1. The highest BCUT2D eigenvalue weighted by Crippen LogP contribution is 2.28. The van der Waals surface area contributed by atoms with Crippen LogP contribution >= 0.6 is 0 Å². The monoisotopic (exact) mass is 366 g/mol. The van der Waals surface area contributed by atoms with Crippen LogP contribution in [-0.2, 0) is 0 Å². The molecule has 0 radical (unpaired) electrons. The van der Waals surface area contributed by atoms with Crippen LogP contribution in [0.15, 0.2) is 101 Å². The fourth-order valence-electron chi connectivity index (χ4n) is 2.72. The number of para-hydroxylation sites is 2. The molecule has 0 unspecified atom stereocenters. The minimum Gasteiger partial charge on any atom is -0.340 e. The average molecular weight is 366 g/mol. The summed E-state index contributed by atoms with van der Waals surface area (Å²) < 4.78 is 0. The van der Waals surface area contributed by atoms with E-state index >= 15 is 0 Å². The first-order valence-electron chi connectivity index (χ1n) is 8.72. The van der Waals surface area contributed by atoms with Crippen molar-refractivity contribution in [2.45, 2.75) is 0 Å². The van der Waals surface area contributed by atoms with Crippen LogP contribution in [0.2, 0.25) is 0 Å². The molecule has 1 N–H and O–H groups in total. The van der Waals surface area contributed by atoms with E-state index in [0.29, 0.717) is 17.1 Å². The fraction of sp³-hybridized carbons (Fsp3) is 0. The third-order valence-corrected chi connectivity index (χ3v) is 4.05. The van der Waals surface area contributed by atoms with Crippen molar-refractivity contribution in [3.63, 3.8) is 0 Å². The second-order valence-electron chi connectivity index (χ2n) is 6.00. The molecule has 6 heteroatoms. The van der Waals surface area contributed by atoms with Crippen LogP contribution < -0.4 is 10.2 Å². The van der Waals surface area contributed by atoms with E-state index in [4.69, 9.17) is 0 Å². The van der Waals surface area contributed by atoms with Gasteiger partial charge < -0.3 is 5.32 Å². The van der Waals surface area contributed by atoms with Crippen LogP contribution in [0.25, 0.3) is 10.9 Å². The van der Waals surface area contributed by atoms with Crippen molar-refractivity contribution >= 4 is 34.0 Å². The van der Waals surface area contributed by atoms with Crippen LogP contribution in [0.5, 0.6) is 0 Å². The van der Waals surface area contributed by atoms with Gasteiger partial charge in [0.1, 0.15) is 5.82 Å². The molecular weight excluding hydrogens is 350 g/mol. The Morgan fingerprint density at radius 2 is 1.54 bits per heavy atom. The number of hydrogen-bond acceptors (Lipinski definition) is 4. The molecule has 0 atom stereocenters. The van der Waals surface area contributed by atoms with Gasteiger partial charge in [0.2, 0.25) is 10.0 Å². The molecule has 0 fully saturated rings. The molecule has 134 valence electrons. The second kappa shape index (κ2) is 8.03. The van der Waals surface area contributed by atoms with Crippen molar-refractivity contribution in [1.82, 2.24) is 9.90 Å². The molecule has 0 saturated carbocycles. The van der Waals surface area contributed by atoms with Crippen molar-refractivity contribution in [3.8, 4) is 0 Å². The van der Waals surface area contributed by atoms with Crippen molar-refractivity contribution < 1.29 is 4.79 Å². The van der Waals surface area contributed by atoms with Gasteiger partial charge in [-0.25, -0.2) is 4.98 Å². The number of hydrogen-bond donors (Lipinski definition) is 1. The number of anilines is 2. The molecule has 0 bridgehead atoms. The number of carbonyl (C=O) groups is 1. The first-order chi connectivity index (χ1) is 13.8. The van der Waals surface area contributed by atoms with Crippen LogP contribution in [-0.4, -0.2) is 10.9 Å². The van der Waals surface area contributed by atoms with Gasteiger partial charge in [-0.3, -0.25) is 4.79 Å². The van der Waals surface area contributed by atoms with Gasteiger partial charge in [-0.05, 0) is 30.3 Å². The number of fused-ring (bicyclic) bond motifs is 1. The minimum absolute atomic E-state index is 0.439. The summed E-state index contributed by atoms with van der Waals surface area (Å²) in [6.07, 6.45) is 0. The first-order valence-corrected chi connectivity index (χ1v) is 8.72. The molecule has 3 aromatic carbocycles. The molecule has 6 nitrogen and oxygen atoms in total. The van der Waals surface area contributed by atoms with Gasteiger partial charge in [0.05, 0.1) is 5.52 Å². The number of amides is 1. The molecule has 4 aromatic rings. The van der Waals surface area contributed by atoms with Gasteiger partial charge in [0, 0.05) is 22.7 Å². The third kappa shape index (κ3) is 3.98. The van der Waals surface area contributed by atoms with Crippen molar-refractivity contribution in [2.24, 2.45) is 10.2 Å². The topological polar surface area (TPSA) is 80.8 Å². The highest BCUT2D eigenvalue weighted by atomic mass is 16.1. The fourth-order valence-corrected chi connectivity index (χ4v) is 2.72. The molecule has 0 aliphatic carbocycles. The Morgan fingerprint density at radius 3 is 2.32 bits per heavy atom. The zero-order valence-electron chi connectivity index (χ0n) is 14.9. The standard InChI is InChI=1S/C22H16N5O/c28-22(16-9-3-1-4-10-16)26-27-25-20-15-21(23-17-11-5-2-6-12-17)24-19-14-8-7-13-18(19)20/h1-15H,(H,23,24)/q+1. The number of nitrogens with zero attached hydrogens (tertiary/aromatic N) is 4. The zero-order valence-corrected chi connectivity index (χ0v) is 14.9. The van der Waals surface area contributed by atoms with Crippen LogP contribution in [0.1, 0.15) is 10.4 Å². The van der Waals surface area contributed by atoms with E-state index in [2.05, 4.69) is 25.4 Å². The van der Waals surface area contributed by atoms with E-state index in [1.165, 1.54) is 0 Å². The number of pyridine rings is 1. The molecule has 28 heavy (non-hydrogen) atoms. The SMILES string of the molecule is O=C(N=[N+]=Nc1cc(Nc2ccccc2)nc2ccccc12)c1ccccc1. The van der Waals surface area contributed by atoms with E-state index in [0.717, 1.165) is 16.6 Å². The molecule has 1 amide bonds. The Balaban J connectivity index is 1.69. The summed E-state index contributed by atoms with van der Waals surface area (Å²) in [6.45, 7) is 0. The van der Waals surface area contributed by atoms with Gasteiger partial charge in [-0.2, -0.15) is 0 Å². The third-order valence-electron chi connectivity index (χ3n) is 4.05. The number of aromatic nitrogens is 1. The zero-order chi connectivity index (χ0) is 19.2. The summed E-state index contributed by atoms with van der Waals surface area (Å²) in [5.41, 5.74) is 2.73. The smallest absolute Gasteiger partial charge is 0.340 e. The summed E-state index contributed by atoms with van der Waals surface area (Å²) in [4.78, 5) is 20.4. The predicted molar refractivity (Wildman–Crippen MR) is 109 cm³/mol. The Morgan fingerprint density at radius 1 is 0.857 bits per heavy atom. The molecule has 4 rings (SSSR count). The lowest BCUT2D eigenvalue weighted by molar-refractivity contribution is 0.0992. The van der Waals surface area contributed by atoms with Crippen molar-refractivity contribution in [3.05, 3.63) is 96.6 Å². The lowest BCUT2D eigenvalue weighted by Crippen LogP contribution is -1.94. The summed E-state index contributed by atoms with van der Waals surface area (Å²) in [5.74, 6) is 0.193.